The van der Waals surface area contributed by atoms with Crippen molar-refractivity contribution in [1.29, 1.82) is 0 Å². The number of rotatable bonds is 5. The van der Waals surface area contributed by atoms with Crippen LogP contribution in [-0.4, -0.2) is 16.4 Å². The maximum absolute atomic E-state index is 5.57. The lowest BCUT2D eigenvalue weighted by atomic mass is 10.2. The minimum atomic E-state index is 0.691. The van der Waals surface area contributed by atoms with Crippen LogP contribution in [0.1, 0.15) is 11.3 Å². The van der Waals surface area contributed by atoms with E-state index in [4.69, 9.17) is 4.74 Å². The second-order valence-corrected chi connectivity index (χ2v) is 3.69. The molecule has 0 N–H and O–H groups in total. The second-order valence-electron chi connectivity index (χ2n) is 3.69. The van der Waals surface area contributed by atoms with Crippen LogP contribution in [0.25, 0.3) is 5.69 Å². The van der Waals surface area contributed by atoms with Gasteiger partial charge in [0.2, 0.25) is 0 Å². The molecule has 3 nitrogen and oxygen atoms in total. The zero-order chi connectivity index (χ0) is 10.1. The molecule has 0 spiro atoms. The highest BCUT2D eigenvalue weighted by atomic mass is 16.5. The summed E-state index contributed by atoms with van der Waals surface area (Å²) >= 11 is 0. The van der Waals surface area contributed by atoms with Crippen molar-refractivity contribution in [2.75, 3.05) is 6.61 Å². The van der Waals surface area contributed by atoms with Crippen molar-refractivity contribution in [3.63, 3.8) is 0 Å². The van der Waals surface area contributed by atoms with Gasteiger partial charge in [0.05, 0.1) is 25.1 Å². The number of ether oxygens (including phenoxy) is 1. The zero-order valence-corrected chi connectivity index (χ0v) is 8.39. The predicted octanol–water partition coefficient (Wildman–Crippen LogP) is 1.94. The van der Waals surface area contributed by atoms with Crippen molar-refractivity contribution in [1.82, 2.24) is 9.78 Å². The first-order valence-corrected chi connectivity index (χ1v) is 5.14. The molecular formula is C12H12N2O. The smallest absolute Gasteiger partial charge is 0.106 e. The second kappa shape index (κ2) is 3.51. The van der Waals surface area contributed by atoms with Gasteiger partial charge in [-0.1, -0.05) is 30.3 Å². The summed E-state index contributed by atoms with van der Waals surface area (Å²) < 4.78 is 7.46. The van der Waals surface area contributed by atoms with E-state index in [0.29, 0.717) is 6.61 Å². The lowest BCUT2D eigenvalue weighted by Crippen LogP contribution is -2.06. The van der Waals surface area contributed by atoms with Crippen LogP contribution < -0.4 is 0 Å². The first kappa shape index (κ1) is 8.68. The number of hydrogen-bond acceptors (Lipinski definition) is 2. The van der Waals surface area contributed by atoms with Gasteiger partial charge in [-0.05, 0) is 5.56 Å². The highest BCUT2D eigenvalue weighted by Crippen LogP contribution is 2.25. The Labute approximate surface area is 88.3 Å². The fraction of sp³-hybridized carbons (Fsp3) is 0.250. The summed E-state index contributed by atoms with van der Waals surface area (Å²) in [4.78, 5) is 0. The Kier molecular flexibility index (Phi) is 2.03. The quantitative estimate of drug-likeness (QED) is 0.588. The minimum Gasteiger partial charge on any atom is -0.376 e. The maximum Gasteiger partial charge on any atom is 0.106 e. The summed E-state index contributed by atoms with van der Waals surface area (Å²) in [5.74, 6) is 0. The Morgan fingerprint density at radius 3 is 2.73 bits per heavy atom. The number of nitrogens with zero attached hydrogens (tertiary/aromatic N) is 2. The van der Waals surface area contributed by atoms with Gasteiger partial charge in [0.15, 0.2) is 0 Å². The van der Waals surface area contributed by atoms with Crippen LogP contribution in [0.4, 0.5) is 0 Å². The molecule has 0 bridgehead atoms. The number of fused-ring (bicyclic) bond motifs is 1. The average molecular weight is 200 g/mol. The van der Waals surface area contributed by atoms with E-state index in [9.17, 15) is 0 Å². The molecule has 0 aromatic heterocycles. The topological polar surface area (TPSA) is 27.1 Å². The van der Waals surface area contributed by atoms with Crippen molar-refractivity contribution in [2.45, 2.75) is 13.0 Å². The molecule has 3 rings (SSSR count). The molecule has 2 aliphatic heterocycles. The third kappa shape index (κ3) is 1.78. The summed E-state index contributed by atoms with van der Waals surface area (Å²) in [5, 5.41) is 4.22. The van der Waals surface area contributed by atoms with Gasteiger partial charge in [0.1, 0.15) is 5.69 Å². The molecular weight excluding hydrogens is 188 g/mol. The van der Waals surface area contributed by atoms with Crippen LogP contribution in [0.5, 0.6) is 0 Å². The molecule has 0 aliphatic carbocycles. The normalized spacial score (nSPS) is 11.7. The Morgan fingerprint density at radius 1 is 1.20 bits per heavy atom. The molecule has 0 saturated heterocycles. The van der Waals surface area contributed by atoms with Crippen LogP contribution >= 0.6 is 0 Å². The van der Waals surface area contributed by atoms with Gasteiger partial charge in [0, 0.05) is 6.42 Å². The van der Waals surface area contributed by atoms with Gasteiger partial charge in [-0.3, -0.25) is 0 Å². The van der Waals surface area contributed by atoms with Crippen molar-refractivity contribution in [2.24, 2.45) is 0 Å². The number of hydrogen-bond donors (Lipinski definition) is 0. The van der Waals surface area contributed by atoms with E-state index in [1.165, 1.54) is 16.9 Å². The fourth-order valence-electron chi connectivity index (χ4n) is 1.62. The van der Waals surface area contributed by atoms with E-state index in [1.54, 1.807) is 0 Å². The lowest BCUT2D eigenvalue weighted by Gasteiger charge is -2.06. The van der Waals surface area contributed by atoms with E-state index >= 15 is 0 Å². The Bertz CT molecular complexity index is 462. The summed E-state index contributed by atoms with van der Waals surface area (Å²) in [6.07, 6.45) is 2.96. The van der Waals surface area contributed by atoms with Gasteiger partial charge >= 0.3 is 0 Å². The fourth-order valence-corrected chi connectivity index (χ4v) is 1.62. The third-order valence-corrected chi connectivity index (χ3v) is 2.54. The monoisotopic (exact) mass is 200 g/mol. The number of benzene rings is 1. The van der Waals surface area contributed by atoms with E-state index in [0.717, 1.165) is 13.0 Å². The van der Waals surface area contributed by atoms with E-state index < -0.39 is 0 Å². The first-order chi connectivity index (χ1) is 7.43. The molecule has 0 atom stereocenters. The Hall–Kier alpha value is -1.61. The third-order valence-electron chi connectivity index (χ3n) is 2.54. The minimum absolute atomic E-state index is 0.691. The maximum atomic E-state index is 5.57. The van der Waals surface area contributed by atoms with Gasteiger partial charge in [-0.2, -0.15) is 5.10 Å². The molecule has 76 valence electrons. The molecule has 1 aromatic carbocycles. The molecule has 0 amide bonds. The largest absolute Gasteiger partial charge is 0.376 e. The zero-order valence-electron chi connectivity index (χ0n) is 8.39. The Morgan fingerprint density at radius 2 is 2.07 bits per heavy atom. The van der Waals surface area contributed by atoms with Gasteiger partial charge in [-0.25, -0.2) is 4.68 Å². The summed E-state index contributed by atoms with van der Waals surface area (Å²) in [7, 11) is 0. The van der Waals surface area contributed by atoms with Crippen LogP contribution in [0.2, 0.25) is 0 Å². The van der Waals surface area contributed by atoms with Crippen molar-refractivity contribution in [3.8, 4) is 5.69 Å². The Balaban J connectivity index is 1.41. The first-order valence-electron chi connectivity index (χ1n) is 5.14. The molecule has 0 fully saturated rings. The van der Waals surface area contributed by atoms with Gasteiger partial charge in [-0.15, -0.1) is 0 Å². The molecule has 0 unspecified atom stereocenters. The highest BCUT2D eigenvalue weighted by molar-refractivity contribution is 5.47. The van der Waals surface area contributed by atoms with Gasteiger partial charge < -0.3 is 4.74 Å². The van der Waals surface area contributed by atoms with Crippen LogP contribution in [0.3, 0.4) is 0 Å². The van der Waals surface area contributed by atoms with Crippen LogP contribution in [-0.2, 0) is 17.8 Å². The summed E-state index contributed by atoms with van der Waals surface area (Å²) in [6, 6.07) is 10.2. The number of aromatic nitrogens is 2. The summed E-state index contributed by atoms with van der Waals surface area (Å²) in [5.41, 5.74) is 3.70. The molecule has 1 aromatic rings. The molecule has 0 saturated carbocycles. The molecule has 0 radical (unpaired) electrons. The van der Waals surface area contributed by atoms with E-state index in [1.807, 2.05) is 29.1 Å². The molecule has 15 heavy (non-hydrogen) atoms. The standard InChI is InChI=1S/C12H12N2O/c1-2-4-10(5-3-1)9-15-7-6-11-12-8-14(12)13-11/h1-5,8H,6-7,9H2. The van der Waals surface area contributed by atoms with Gasteiger partial charge in [0.25, 0.3) is 0 Å². The predicted molar refractivity (Wildman–Crippen MR) is 56.9 cm³/mol. The van der Waals surface area contributed by atoms with Crippen LogP contribution in [0, 0.1) is 0 Å². The highest BCUT2D eigenvalue weighted by Gasteiger charge is 2.22. The SMILES string of the molecule is c1ccc(COCCc2nn3cc2-3)cc1. The van der Waals surface area contributed by atoms with Crippen molar-refractivity contribution >= 4 is 0 Å². The van der Waals surface area contributed by atoms with E-state index in [2.05, 4.69) is 17.2 Å². The molecule has 3 heteroatoms. The lowest BCUT2D eigenvalue weighted by molar-refractivity contribution is 0.123. The molecule has 2 aliphatic rings. The summed E-state index contributed by atoms with van der Waals surface area (Å²) in [6.45, 7) is 1.44. The van der Waals surface area contributed by atoms with Crippen LogP contribution in [0.15, 0.2) is 36.5 Å². The van der Waals surface area contributed by atoms with E-state index in [-0.39, 0.29) is 0 Å². The van der Waals surface area contributed by atoms with Crippen molar-refractivity contribution < 1.29 is 4.74 Å². The molecule has 2 heterocycles. The van der Waals surface area contributed by atoms with Crippen molar-refractivity contribution in [3.05, 3.63) is 47.8 Å². The average Bonchev–Trinajstić information content (AvgIpc) is 2.91.